The van der Waals surface area contributed by atoms with Gasteiger partial charge in [-0.3, -0.25) is 0 Å². The number of pyridine rings is 1. The molecule has 18 heavy (non-hydrogen) atoms. The van der Waals surface area contributed by atoms with Crippen LogP contribution in [-0.2, 0) is 4.74 Å². The number of aliphatic hydroxyl groups excluding tert-OH is 1. The lowest BCUT2D eigenvalue weighted by atomic mass is 10.2. The van der Waals surface area contributed by atoms with Gasteiger partial charge in [-0.25, -0.2) is 4.98 Å². The van der Waals surface area contributed by atoms with Crippen LogP contribution < -0.4 is 10.6 Å². The van der Waals surface area contributed by atoms with Crippen LogP contribution in [0.1, 0.15) is 12.6 Å². The van der Waals surface area contributed by atoms with E-state index in [0.717, 1.165) is 12.4 Å². The summed E-state index contributed by atoms with van der Waals surface area (Å²) in [6.45, 7) is 3.35. The minimum atomic E-state index is -0.177. The number of morpholine rings is 1. The van der Waals surface area contributed by atoms with Gasteiger partial charge in [-0.15, -0.1) is 0 Å². The van der Waals surface area contributed by atoms with Crippen LogP contribution in [0.25, 0.3) is 0 Å². The predicted molar refractivity (Wildman–Crippen MR) is 73.8 cm³/mol. The molecule has 2 unspecified atom stereocenters. The second-order valence-electron chi connectivity index (χ2n) is 4.40. The van der Waals surface area contributed by atoms with Gasteiger partial charge in [0.25, 0.3) is 0 Å². The van der Waals surface area contributed by atoms with Gasteiger partial charge in [0, 0.05) is 13.1 Å². The third-order valence-electron chi connectivity index (χ3n) is 2.84. The number of hydrogen-bond acceptors (Lipinski definition) is 5. The monoisotopic (exact) mass is 267 g/mol. The number of thiocarbonyl (C=S) groups is 1. The average molecular weight is 267 g/mol. The Hall–Kier alpha value is -1.24. The van der Waals surface area contributed by atoms with E-state index >= 15 is 0 Å². The Labute approximate surface area is 112 Å². The molecule has 1 aromatic heterocycles. The molecule has 3 N–H and O–H groups in total. The van der Waals surface area contributed by atoms with Crippen molar-refractivity contribution in [2.75, 3.05) is 24.6 Å². The average Bonchev–Trinajstić information content (AvgIpc) is 2.38. The molecule has 2 heterocycles. The topological polar surface area (TPSA) is 71.6 Å². The zero-order valence-electron chi connectivity index (χ0n) is 10.2. The largest absolute Gasteiger partial charge is 0.394 e. The Morgan fingerprint density at radius 2 is 2.39 bits per heavy atom. The fraction of sp³-hybridized carbons (Fsp3) is 0.500. The molecular weight excluding hydrogens is 250 g/mol. The molecule has 1 saturated heterocycles. The smallest absolute Gasteiger partial charge is 0.129 e. The Morgan fingerprint density at radius 3 is 3.06 bits per heavy atom. The molecule has 0 saturated carbocycles. The maximum Gasteiger partial charge on any atom is 0.129 e. The van der Waals surface area contributed by atoms with E-state index in [4.69, 9.17) is 22.7 Å². The highest BCUT2D eigenvalue weighted by Gasteiger charge is 2.25. The molecule has 0 radical (unpaired) electrons. The lowest BCUT2D eigenvalue weighted by Gasteiger charge is -2.36. The zero-order valence-corrected chi connectivity index (χ0v) is 11.1. The van der Waals surface area contributed by atoms with E-state index < -0.39 is 0 Å². The molecule has 98 valence electrons. The summed E-state index contributed by atoms with van der Waals surface area (Å²) in [5.41, 5.74) is 6.19. The summed E-state index contributed by atoms with van der Waals surface area (Å²) in [5.74, 6) is 0.814. The quantitative estimate of drug-likeness (QED) is 0.768. The highest BCUT2D eigenvalue weighted by molar-refractivity contribution is 7.80. The van der Waals surface area contributed by atoms with Crippen molar-refractivity contribution in [3.63, 3.8) is 0 Å². The molecule has 2 atom stereocenters. The second-order valence-corrected chi connectivity index (χ2v) is 4.84. The van der Waals surface area contributed by atoms with Crippen LogP contribution in [0.2, 0.25) is 0 Å². The van der Waals surface area contributed by atoms with Gasteiger partial charge in [0.05, 0.1) is 24.5 Å². The summed E-state index contributed by atoms with van der Waals surface area (Å²) in [6.07, 6.45) is -0.116. The molecule has 0 spiro atoms. The van der Waals surface area contributed by atoms with Crippen LogP contribution >= 0.6 is 12.2 Å². The van der Waals surface area contributed by atoms with Crippen molar-refractivity contribution in [1.29, 1.82) is 0 Å². The van der Waals surface area contributed by atoms with Crippen LogP contribution in [0, 0.1) is 0 Å². The predicted octanol–water partition coefficient (Wildman–Crippen LogP) is 0.302. The van der Waals surface area contributed by atoms with Gasteiger partial charge < -0.3 is 20.5 Å². The summed E-state index contributed by atoms with van der Waals surface area (Å²) in [7, 11) is 0. The van der Waals surface area contributed by atoms with E-state index in [0.29, 0.717) is 12.2 Å². The van der Waals surface area contributed by atoms with Crippen molar-refractivity contribution in [1.82, 2.24) is 4.98 Å². The number of nitrogens with two attached hydrogens (primary N) is 1. The number of hydrogen-bond donors (Lipinski definition) is 2. The number of aromatic nitrogens is 1. The standard InChI is InChI=1S/C12H17N3O2S/c1-8-5-15(6-9(7-16)17-8)11-4-2-3-10(14-11)12(13)18/h2-4,8-9,16H,5-7H2,1H3,(H2,13,18). The van der Waals surface area contributed by atoms with Crippen molar-refractivity contribution in [2.24, 2.45) is 5.73 Å². The summed E-state index contributed by atoms with van der Waals surface area (Å²) in [4.78, 5) is 6.79. The van der Waals surface area contributed by atoms with Gasteiger partial charge >= 0.3 is 0 Å². The van der Waals surface area contributed by atoms with Gasteiger partial charge in [0.1, 0.15) is 10.8 Å². The maximum absolute atomic E-state index is 9.20. The number of rotatable bonds is 3. The zero-order chi connectivity index (χ0) is 13.1. The number of ether oxygens (including phenoxy) is 1. The molecule has 0 amide bonds. The van der Waals surface area contributed by atoms with Crippen LogP contribution in [0.5, 0.6) is 0 Å². The van der Waals surface area contributed by atoms with Crippen LogP contribution in [0.3, 0.4) is 0 Å². The summed E-state index contributed by atoms with van der Waals surface area (Å²) in [6, 6.07) is 5.58. The fourth-order valence-electron chi connectivity index (χ4n) is 2.07. The van der Waals surface area contributed by atoms with Crippen LogP contribution in [-0.4, -0.2) is 47.0 Å². The third-order valence-corrected chi connectivity index (χ3v) is 3.05. The van der Waals surface area contributed by atoms with Crippen molar-refractivity contribution in [2.45, 2.75) is 19.1 Å². The third kappa shape index (κ3) is 2.95. The fourth-order valence-corrected chi connectivity index (χ4v) is 2.18. The summed E-state index contributed by atoms with van der Waals surface area (Å²) >= 11 is 4.92. The van der Waals surface area contributed by atoms with Crippen molar-refractivity contribution in [3.8, 4) is 0 Å². The molecular formula is C12H17N3O2S. The Morgan fingerprint density at radius 1 is 1.61 bits per heavy atom. The Kier molecular flexibility index (Phi) is 4.11. The lowest BCUT2D eigenvalue weighted by Crippen LogP contribution is -2.48. The molecule has 0 aliphatic carbocycles. The van der Waals surface area contributed by atoms with Crippen molar-refractivity contribution in [3.05, 3.63) is 23.9 Å². The van der Waals surface area contributed by atoms with E-state index in [1.807, 2.05) is 19.1 Å². The highest BCUT2D eigenvalue weighted by atomic mass is 32.1. The molecule has 1 aliphatic heterocycles. The van der Waals surface area contributed by atoms with Crippen LogP contribution in [0.15, 0.2) is 18.2 Å². The number of anilines is 1. The molecule has 6 heteroatoms. The first-order chi connectivity index (χ1) is 8.60. The van der Waals surface area contributed by atoms with E-state index in [2.05, 4.69) is 9.88 Å². The molecule has 2 rings (SSSR count). The first-order valence-corrected chi connectivity index (χ1v) is 6.29. The first-order valence-electron chi connectivity index (χ1n) is 5.88. The Balaban J connectivity index is 2.19. The van der Waals surface area contributed by atoms with E-state index in [1.165, 1.54) is 0 Å². The minimum Gasteiger partial charge on any atom is -0.394 e. The Bertz CT molecular complexity index is 441. The van der Waals surface area contributed by atoms with Crippen molar-refractivity contribution >= 4 is 23.0 Å². The van der Waals surface area contributed by atoms with Crippen LogP contribution in [0.4, 0.5) is 5.82 Å². The van der Waals surface area contributed by atoms with Gasteiger partial charge in [-0.1, -0.05) is 18.3 Å². The lowest BCUT2D eigenvalue weighted by molar-refractivity contribution is -0.0423. The van der Waals surface area contributed by atoms with Gasteiger partial charge in [0.2, 0.25) is 0 Å². The molecule has 1 fully saturated rings. The molecule has 1 aliphatic rings. The highest BCUT2D eigenvalue weighted by Crippen LogP contribution is 2.18. The molecule has 0 aromatic carbocycles. The van der Waals surface area contributed by atoms with E-state index in [1.54, 1.807) is 6.07 Å². The summed E-state index contributed by atoms with van der Waals surface area (Å²) < 4.78 is 5.59. The van der Waals surface area contributed by atoms with Gasteiger partial charge in [0.15, 0.2) is 0 Å². The maximum atomic E-state index is 9.20. The molecule has 1 aromatic rings. The van der Waals surface area contributed by atoms with Gasteiger partial charge in [-0.2, -0.15) is 0 Å². The number of nitrogens with zero attached hydrogens (tertiary/aromatic N) is 2. The summed E-state index contributed by atoms with van der Waals surface area (Å²) in [5, 5.41) is 9.20. The SMILES string of the molecule is CC1CN(c2cccc(C(N)=S)n2)CC(CO)O1. The first kappa shape index (κ1) is 13.2. The molecule has 5 nitrogen and oxygen atoms in total. The molecule has 0 bridgehead atoms. The van der Waals surface area contributed by atoms with E-state index in [9.17, 15) is 5.11 Å². The minimum absolute atomic E-state index is 0.00975. The second kappa shape index (κ2) is 5.60. The van der Waals surface area contributed by atoms with Crippen molar-refractivity contribution < 1.29 is 9.84 Å². The normalized spacial score (nSPS) is 24.0. The van der Waals surface area contributed by atoms with Gasteiger partial charge in [-0.05, 0) is 19.1 Å². The number of aliphatic hydroxyl groups is 1. The van der Waals surface area contributed by atoms with E-state index in [-0.39, 0.29) is 23.8 Å².